The van der Waals surface area contributed by atoms with E-state index < -0.39 is 0 Å². The lowest BCUT2D eigenvalue weighted by Gasteiger charge is -2.34. The lowest BCUT2D eigenvalue weighted by Crippen LogP contribution is -2.42. The first-order chi connectivity index (χ1) is 14.3. The number of likely N-dealkylation sites (tertiary alicyclic amines) is 1. The van der Waals surface area contributed by atoms with Crippen molar-refractivity contribution in [3.05, 3.63) is 35.9 Å². The molecule has 0 bridgehead atoms. The van der Waals surface area contributed by atoms with Gasteiger partial charge in [0.05, 0.1) is 25.8 Å². The first-order valence-electron chi connectivity index (χ1n) is 10.9. The maximum absolute atomic E-state index is 11.7. The van der Waals surface area contributed by atoms with E-state index in [1.165, 1.54) is 5.56 Å². The van der Waals surface area contributed by atoms with Crippen LogP contribution in [0.3, 0.4) is 0 Å². The number of benzene rings is 1. The summed E-state index contributed by atoms with van der Waals surface area (Å²) >= 11 is 0. The molecule has 0 aromatic heterocycles. The third-order valence-electron chi connectivity index (χ3n) is 5.51. The van der Waals surface area contributed by atoms with Gasteiger partial charge in [-0.25, -0.2) is 0 Å². The zero-order valence-corrected chi connectivity index (χ0v) is 20.3. The molecule has 2 aliphatic heterocycles. The van der Waals surface area contributed by atoms with Crippen molar-refractivity contribution < 1.29 is 9.53 Å². The van der Waals surface area contributed by atoms with Crippen LogP contribution in [-0.2, 0) is 9.53 Å². The molecule has 0 saturated carbocycles. The average Bonchev–Trinajstić information content (AvgIpc) is 3.17. The number of guanidine groups is 1. The molecule has 8 heteroatoms. The zero-order valence-electron chi connectivity index (χ0n) is 18.0. The molecule has 2 aliphatic rings. The second kappa shape index (κ2) is 13.8. The fourth-order valence-electron chi connectivity index (χ4n) is 3.93. The monoisotopic (exact) mass is 529 g/mol. The number of ether oxygens (including phenoxy) is 1. The van der Waals surface area contributed by atoms with Gasteiger partial charge in [-0.15, -0.1) is 24.0 Å². The summed E-state index contributed by atoms with van der Waals surface area (Å²) < 4.78 is 5.53. The molecule has 0 radical (unpaired) electrons. The number of nitrogens with one attached hydrogen (secondary N) is 2. The van der Waals surface area contributed by atoms with Gasteiger partial charge in [0.25, 0.3) is 0 Å². The van der Waals surface area contributed by atoms with Crippen LogP contribution in [0.15, 0.2) is 35.3 Å². The minimum absolute atomic E-state index is 0. The molecule has 168 valence electrons. The van der Waals surface area contributed by atoms with E-state index in [-0.39, 0.29) is 30.0 Å². The van der Waals surface area contributed by atoms with Crippen LogP contribution >= 0.6 is 24.0 Å². The third-order valence-corrected chi connectivity index (χ3v) is 5.51. The summed E-state index contributed by atoms with van der Waals surface area (Å²) in [5.41, 5.74) is 1.29. The zero-order chi connectivity index (χ0) is 20.3. The molecule has 2 saturated heterocycles. The molecule has 0 aliphatic carbocycles. The average molecular weight is 529 g/mol. The summed E-state index contributed by atoms with van der Waals surface area (Å²) in [7, 11) is 0. The van der Waals surface area contributed by atoms with Gasteiger partial charge in [0.2, 0.25) is 5.91 Å². The number of carbonyl (C=O) groups excluding carboxylic acids is 1. The van der Waals surface area contributed by atoms with E-state index >= 15 is 0 Å². The summed E-state index contributed by atoms with van der Waals surface area (Å²) in [5.74, 6) is 1.14. The third kappa shape index (κ3) is 7.70. The van der Waals surface area contributed by atoms with Gasteiger partial charge in [0, 0.05) is 45.7 Å². The Balaban J connectivity index is 0.00000320. The highest BCUT2D eigenvalue weighted by molar-refractivity contribution is 14.0. The lowest BCUT2D eigenvalue weighted by molar-refractivity contribution is -0.127. The normalized spacial score (nSPS) is 18.8. The van der Waals surface area contributed by atoms with Gasteiger partial charge < -0.3 is 20.3 Å². The largest absolute Gasteiger partial charge is 0.379 e. The van der Waals surface area contributed by atoms with Crippen LogP contribution < -0.4 is 10.6 Å². The Hall–Kier alpha value is -1.39. The molecule has 30 heavy (non-hydrogen) atoms. The lowest BCUT2D eigenvalue weighted by atomic mass is 10.1. The van der Waals surface area contributed by atoms with Crippen molar-refractivity contribution >= 4 is 35.8 Å². The molecule has 0 spiro atoms. The van der Waals surface area contributed by atoms with Crippen LogP contribution in [0, 0.1) is 0 Å². The van der Waals surface area contributed by atoms with Crippen molar-refractivity contribution in [1.82, 2.24) is 20.4 Å². The second-order valence-electron chi connectivity index (χ2n) is 7.56. The van der Waals surface area contributed by atoms with Crippen LogP contribution in [0.4, 0.5) is 0 Å². The molecular weight excluding hydrogens is 493 g/mol. The summed E-state index contributed by atoms with van der Waals surface area (Å²) in [6, 6.07) is 10.9. The maximum atomic E-state index is 11.7. The van der Waals surface area contributed by atoms with Crippen LogP contribution in [0.1, 0.15) is 37.8 Å². The Kier molecular flexibility index (Phi) is 11.5. The highest BCUT2D eigenvalue weighted by atomic mass is 127. The van der Waals surface area contributed by atoms with E-state index in [1.807, 2.05) is 4.90 Å². The number of amides is 1. The molecule has 1 unspecified atom stereocenters. The molecule has 1 aromatic rings. The van der Waals surface area contributed by atoms with Crippen molar-refractivity contribution in [3.8, 4) is 0 Å². The van der Waals surface area contributed by atoms with Gasteiger partial charge in [0.15, 0.2) is 5.96 Å². The first kappa shape index (κ1) is 24.9. The number of hydrogen-bond donors (Lipinski definition) is 2. The minimum Gasteiger partial charge on any atom is -0.379 e. The molecule has 1 atom stereocenters. The molecule has 1 amide bonds. The molecule has 2 fully saturated rings. The summed E-state index contributed by atoms with van der Waals surface area (Å²) in [6.07, 6.45) is 2.64. The molecule has 7 nitrogen and oxygen atoms in total. The Morgan fingerprint density at radius 2 is 1.93 bits per heavy atom. The van der Waals surface area contributed by atoms with Crippen molar-refractivity contribution in [1.29, 1.82) is 0 Å². The topological polar surface area (TPSA) is 69.2 Å². The van der Waals surface area contributed by atoms with Crippen LogP contribution in [0.5, 0.6) is 0 Å². The number of morpholine rings is 1. The van der Waals surface area contributed by atoms with Crippen molar-refractivity contribution in [2.24, 2.45) is 4.99 Å². The van der Waals surface area contributed by atoms with Gasteiger partial charge in [-0.3, -0.25) is 14.7 Å². The molecule has 3 rings (SSSR count). The predicted octanol–water partition coefficient (Wildman–Crippen LogP) is 2.25. The van der Waals surface area contributed by atoms with Crippen LogP contribution in [0.2, 0.25) is 0 Å². The van der Waals surface area contributed by atoms with E-state index in [4.69, 9.17) is 9.73 Å². The van der Waals surface area contributed by atoms with Gasteiger partial charge in [0.1, 0.15) is 0 Å². The number of carbonyl (C=O) groups is 1. The summed E-state index contributed by atoms with van der Waals surface area (Å²) in [6.45, 7) is 9.57. The van der Waals surface area contributed by atoms with Crippen LogP contribution in [-0.4, -0.2) is 80.7 Å². The fourth-order valence-corrected chi connectivity index (χ4v) is 3.93. The Morgan fingerprint density at radius 1 is 1.17 bits per heavy atom. The predicted molar refractivity (Wildman–Crippen MR) is 131 cm³/mol. The van der Waals surface area contributed by atoms with E-state index in [0.29, 0.717) is 18.9 Å². The van der Waals surface area contributed by atoms with Crippen molar-refractivity contribution in [2.45, 2.75) is 32.2 Å². The highest BCUT2D eigenvalue weighted by Crippen LogP contribution is 2.22. The number of aliphatic imine (C=N–C) groups is 1. The number of halogens is 1. The Bertz CT molecular complexity index is 652. The number of hydrogen-bond acceptors (Lipinski definition) is 4. The fraction of sp³-hybridized carbons (Fsp3) is 0.636. The highest BCUT2D eigenvalue weighted by Gasteiger charge is 2.22. The maximum Gasteiger partial charge on any atom is 0.222 e. The van der Waals surface area contributed by atoms with E-state index in [1.54, 1.807) is 0 Å². The smallest absolute Gasteiger partial charge is 0.222 e. The SMILES string of the molecule is CCNC(=NCC(c1ccccc1)N1CCOCC1)NCCCN1CCCC1=O.I. The van der Waals surface area contributed by atoms with Gasteiger partial charge >= 0.3 is 0 Å². The quantitative estimate of drug-likeness (QED) is 0.222. The minimum atomic E-state index is 0. The van der Waals surface area contributed by atoms with Crippen molar-refractivity contribution in [2.75, 3.05) is 59.0 Å². The Labute approximate surface area is 197 Å². The Morgan fingerprint density at radius 3 is 2.60 bits per heavy atom. The summed E-state index contributed by atoms with van der Waals surface area (Å²) in [4.78, 5) is 21.0. The summed E-state index contributed by atoms with van der Waals surface area (Å²) in [5, 5.41) is 6.77. The molecule has 2 N–H and O–H groups in total. The number of rotatable bonds is 9. The van der Waals surface area contributed by atoms with Crippen molar-refractivity contribution in [3.63, 3.8) is 0 Å². The van der Waals surface area contributed by atoms with E-state index in [0.717, 1.165) is 71.3 Å². The first-order valence-corrected chi connectivity index (χ1v) is 10.9. The van der Waals surface area contributed by atoms with E-state index in [9.17, 15) is 4.79 Å². The second-order valence-corrected chi connectivity index (χ2v) is 7.56. The van der Waals surface area contributed by atoms with Gasteiger partial charge in [-0.05, 0) is 25.3 Å². The standard InChI is InChI=1S/C22H35N5O2.HI/c1-2-23-22(24-11-7-13-27-12-6-10-21(27)28)25-18-20(19-8-4-3-5-9-19)26-14-16-29-17-15-26;/h3-5,8-9,20H,2,6-7,10-18H2,1H3,(H2,23,24,25);1H. The molecule has 2 heterocycles. The number of nitrogens with zero attached hydrogens (tertiary/aromatic N) is 3. The van der Waals surface area contributed by atoms with E-state index in [2.05, 4.69) is 52.8 Å². The molecular formula is C22H36IN5O2. The molecule has 1 aromatic carbocycles. The van der Waals surface area contributed by atoms with Gasteiger partial charge in [-0.1, -0.05) is 30.3 Å². The van der Waals surface area contributed by atoms with Crippen LogP contribution in [0.25, 0.3) is 0 Å². The van der Waals surface area contributed by atoms with Gasteiger partial charge in [-0.2, -0.15) is 0 Å².